The van der Waals surface area contributed by atoms with Gasteiger partial charge in [0.05, 0.1) is 0 Å². The van der Waals surface area contributed by atoms with Gasteiger partial charge in [0.15, 0.2) is 5.69 Å². The molecule has 0 saturated heterocycles. The second-order valence-corrected chi connectivity index (χ2v) is 3.29. The van der Waals surface area contributed by atoms with E-state index in [-0.39, 0.29) is 6.04 Å². The maximum absolute atomic E-state index is 12.2. The van der Waals surface area contributed by atoms with Gasteiger partial charge in [-0.2, -0.15) is 13.2 Å². The fourth-order valence-electron chi connectivity index (χ4n) is 1.10. The molecular weight excluding hydrogens is 221 g/mol. The van der Waals surface area contributed by atoms with Crippen LogP contribution in [0.3, 0.4) is 0 Å². The van der Waals surface area contributed by atoms with Crippen molar-refractivity contribution < 1.29 is 13.2 Å². The summed E-state index contributed by atoms with van der Waals surface area (Å²) in [5.41, 5.74) is 4.44. The molecule has 1 aromatic rings. The molecule has 1 unspecified atom stereocenters. The van der Waals surface area contributed by atoms with E-state index in [1.165, 1.54) is 6.07 Å². The summed E-state index contributed by atoms with van der Waals surface area (Å²) >= 11 is 0. The normalized spacial score (nSPS) is 13.6. The lowest BCUT2D eigenvalue weighted by Crippen LogP contribution is -2.28. The first kappa shape index (κ1) is 12.7. The average molecular weight is 234 g/mol. The van der Waals surface area contributed by atoms with Crippen LogP contribution >= 0.6 is 0 Å². The Morgan fingerprint density at radius 3 is 2.44 bits per heavy atom. The Kier molecular flexibility index (Phi) is 4.05. The highest BCUT2D eigenvalue weighted by atomic mass is 19.4. The Balaban J connectivity index is 2.72. The Morgan fingerprint density at radius 1 is 1.38 bits per heavy atom. The van der Waals surface area contributed by atoms with Gasteiger partial charge in [-0.3, -0.25) is 0 Å². The highest BCUT2D eigenvalue weighted by Crippen LogP contribution is 2.27. The van der Waals surface area contributed by atoms with E-state index in [4.69, 9.17) is 5.73 Å². The van der Waals surface area contributed by atoms with Gasteiger partial charge in [0.25, 0.3) is 0 Å². The Hall–Kier alpha value is -1.37. The summed E-state index contributed by atoms with van der Waals surface area (Å²) in [4.78, 5) is 0. The molecule has 16 heavy (non-hydrogen) atoms. The van der Waals surface area contributed by atoms with Crippen LogP contribution in [0, 0.1) is 0 Å². The van der Waals surface area contributed by atoms with Gasteiger partial charge in [-0.15, -0.1) is 10.2 Å². The predicted molar refractivity (Wildman–Crippen MR) is 53.8 cm³/mol. The van der Waals surface area contributed by atoms with Gasteiger partial charge >= 0.3 is 6.18 Å². The van der Waals surface area contributed by atoms with Crippen LogP contribution < -0.4 is 11.1 Å². The molecule has 0 fully saturated rings. The number of hydrogen-bond donors (Lipinski definition) is 2. The molecule has 0 amide bonds. The quantitative estimate of drug-likeness (QED) is 0.831. The molecule has 4 nitrogen and oxygen atoms in total. The lowest BCUT2D eigenvalue weighted by molar-refractivity contribution is -0.141. The molecule has 0 bridgehead atoms. The highest BCUT2D eigenvalue weighted by molar-refractivity contribution is 5.34. The summed E-state index contributed by atoms with van der Waals surface area (Å²) in [6.45, 7) is 2.31. The molecule has 3 N–H and O–H groups in total. The van der Waals surface area contributed by atoms with Crippen molar-refractivity contribution >= 4 is 5.82 Å². The largest absolute Gasteiger partial charge is 0.435 e. The SMILES string of the molecule is CCC(CN)Nc1ccc(C(F)(F)F)nn1. The van der Waals surface area contributed by atoms with E-state index in [1.54, 1.807) is 0 Å². The van der Waals surface area contributed by atoms with E-state index in [9.17, 15) is 13.2 Å². The molecule has 0 saturated carbocycles. The number of alkyl halides is 3. The van der Waals surface area contributed by atoms with Gasteiger partial charge in [-0.25, -0.2) is 0 Å². The molecular formula is C9H13F3N4. The number of anilines is 1. The first-order valence-corrected chi connectivity index (χ1v) is 4.85. The van der Waals surface area contributed by atoms with Crippen molar-refractivity contribution in [3.8, 4) is 0 Å². The third kappa shape index (κ3) is 3.34. The van der Waals surface area contributed by atoms with Crippen LogP contribution in [0.15, 0.2) is 12.1 Å². The fourth-order valence-corrected chi connectivity index (χ4v) is 1.10. The molecule has 1 aromatic heterocycles. The third-order valence-electron chi connectivity index (χ3n) is 2.08. The molecule has 1 rings (SSSR count). The summed E-state index contributed by atoms with van der Waals surface area (Å²) < 4.78 is 36.5. The molecule has 90 valence electrons. The van der Waals surface area contributed by atoms with Crippen molar-refractivity contribution in [1.29, 1.82) is 0 Å². The maximum atomic E-state index is 12.2. The van der Waals surface area contributed by atoms with E-state index >= 15 is 0 Å². The lowest BCUT2D eigenvalue weighted by Gasteiger charge is -2.14. The zero-order valence-electron chi connectivity index (χ0n) is 8.75. The third-order valence-corrected chi connectivity index (χ3v) is 2.08. The van der Waals surface area contributed by atoms with E-state index in [1.807, 2.05) is 6.92 Å². The molecule has 0 aliphatic carbocycles. The van der Waals surface area contributed by atoms with Crippen LogP contribution in [-0.2, 0) is 6.18 Å². The minimum atomic E-state index is -4.45. The van der Waals surface area contributed by atoms with Gasteiger partial charge in [0, 0.05) is 12.6 Å². The highest BCUT2D eigenvalue weighted by Gasteiger charge is 2.32. The number of aromatic nitrogens is 2. The second kappa shape index (κ2) is 5.11. The molecule has 0 aromatic carbocycles. The van der Waals surface area contributed by atoms with Crippen molar-refractivity contribution in [3.05, 3.63) is 17.8 Å². The van der Waals surface area contributed by atoms with Crippen molar-refractivity contribution in [3.63, 3.8) is 0 Å². The van der Waals surface area contributed by atoms with Crippen molar-refractivity contribution in [2.24, 2.45) is 5.73 Å². The zero-order chi connectivity index (χ0) is 12.2. The standard InChI is InChI=1S/C9H13F3N4/c1-2-6(5-13)14-8-4-3-7(15-16-8)9(10,11)12/h3-4,6H,2,5,13H2,1H3,(H,14,16). The fraction of sp³-hybridized carbons (Fsp3) is 0.556. The Bertz CT molecular complexity index is 319. The van der Waals surface area contributed by atoms with E-state index in [0.29, 0.717) is 12.4 Å². The van der Waals surface area contributed by atoms with Crippen LogP contribution in [0.4, 0.5) is 19.0 Å². The minimum Gasteiger partial charge on any atom is -0.365 e. The summed E-state index contributed by atoms with van der Waals surface area (Å²) in [6, 6.07) is 2.12. The van der Waals surface area contributed by atoms with Crippen LogP contribution in [0.5, 0.6) is 0 Å². The van der Waals surface area contributed by atoms with Gasteiger partial charge in [0.1, 0.15) is 5.82 Å². The summed E-state index contributed by atoms with van der Waals surface area (Å²) in [5, 5.41) is 9.43. The smallest absolute Gasteiger partial charge is 0.365 e. The Labute approximate surface area is 91.1 Å². The molecule has 0 aliphatic rings. The molecule has 0 spiro atoms. The zero-order valence-corrected chi connectivity index (χ0v) is 8.75. The minimum absolute atomic E-state index is 0.00830. The molecule has 0 radical (unpaired) electrons. The van der Waals surface area contributed by atoms with Crippen molar-refractivity contribution in [2.75, 3.05) is 11.9 Å². The Morgan fingerprint density at radius 2 is 2.06 bits per heavy atom. The number of halogens is 3. The summed E-state index contributed by atoms with van der Waals surface area (Å²) in [6.07, 6.45) is -3.69. The van der Waals surface area contributed by atoms with Crippen LogP contribution in [0.25, 0.3) is 0 Å². The first-order valence-electron chi connectivity index (χ1n) is 4.85. The van der Waals surface area contributed by atoms with Gasteiger partial charge < -0.3 is 11.1 Å². The van der Waals surface area contributed by atoms with Crippen molar-refractivity contribution in [2.45, 2.75) is 25.6 Å². The van der Waals surface area contributed by atoms with Crippen LogP contribution in [0.2, 0.25) is 0 Å². The molecule has 0 aliphatic heterocycles. The van der Waals surface area contributed by atoms with E-state index in [0.717, 1.165) is 12.5 Å². The van der Waals surface area contributed by atoms with Gasteiger partial charge in [0.2, 0.25) is 0 Å². The van der Waals surface area contributed by atoms with Crippen LogP contribution in [-0.4, -0.2) is 22.8 Å². The number of nitrogens with one attached hydrogen (secondary N) is 1. The van der Waals surface area contributed by atoms with Crippen LogP contribution in [0.1, 0.15) is 19.0 Å². The van der Waals surface area contributed by atoms with E-state index < -0.39 is 11.9 Å². The number of nitrogens with two attached hydrogens (primary N) is 1. The predicted octanol–water partition coefficient (Wildman–Crippen LogP) is 1.64. The second-order valence-electron chi connectivity index (χ2n) is 3.29. The first-order chi connectivity index (χ1) is 7.47. The maximum Gasteiger partial charge on any atom is 0.435 e. The number of hydrogen-bond acceptors (Lipinski definition) is 4. The van der Waals surface area contributed by atoms with Crippen molar-refractivity contribution in [1.82, 2.24) is 10.2 Å². The number of rotatable bonds is 4. The number of nitrogens with zero attached hydrogens (tertiary/aromatic N) is 2. The molecule has 1 atom stereocenters. The summed E-state index contributed by atoms with van der Waals surface area (Å²) in [7, 11) is 0. The van der Waals surface area contributed by atoms with E-state index in [2.05, 4.69) is 15.5 Å². The van der Waals surface area contributed by atoms with Gasteiger partial charge in [-0.05, 0) is 18.6 Å². The molecule has 7 heteroatoms. The topological polar surface area (TPSA) is 63.8 Å². The summed E-state index contributed by atoms with van der Waals surface area (Å²) in [5.74, 6) is 0.297. The average Bonchev–Trinajstić information content (AvgIpc) is 2.25. The lowest BCUT2D eigenvalue weighted by atomic mass is 10.2. The monoisotopic (exact) mass is 234 g/mol. The molecule has 1 heterocycles. The van der Waals surface area contributed by atoms with Gasteiger partial charge in [-0.1, -0.05) is 6.92 Å².